The van der Waals surface area contributed by atoms with Crippen molar-refractivity contribution in [2.24, 2.45) is 23.2 Å². The van der Waals surface area contributed by atoms with E-state index in [1.165, 1.54) is 13.3 Å². The highest BCUT2D eigenvalue weighted by Gasteiger charge is 2.32. The molecule has 0 spiro atoms. The Morgan fingerprint density at radius 2 is 1.15 bits per heavy atom. The third-order valence-corrected chi connectivity index (χ3v) is 11.2. The molecule has 0 radical (unpaired) electrons. The molecule has 0 saturated heterocycles. The van der Waals surface area contributed by atoms with Crippen LogP contribution in [0.25, 0.3) is 0 Å². The van der Waals surface area contributed by atoms with Gasteiger partial charge in [-0.15, -0.1) is 0 Å². The SMILES string of the molecule is CCC(=O)[C@H](CCCCNC(=O)CC[C@H](NC(=O)CC[C@H](CC(=O)CC[C@H](NC(=O)CC[C@H](CC(C)=O)C(=O)O)C(=O)O)C(=O)O)C(=O)O)CCC(=O)C(C)(C)CC(=O)CCc1cnc[nH]1. The third kappa shape index (κ3) is 24.2. The van der Waals surface area contributed by atoms with Crippen molar-refractivity contribution in [1.29, 1.82) is 0 Å². The van der Waals surface area contributed by atoms with Gasteiger partial charge in [-0.1, -0.05) is 27.2 Å². The first-order valence-corrected chi connectivity index (χ1v) is 22.3. The maximum atomic E-state index is 13.1. The molecule has 0 aliphatic rings. The molecule has 1 heterocycles. The van der Waals surface area contributed by atoms with Crippen molar-refractivity contribution in [3.63, 3.8) is 0 Å². The van der Waals surface area contributed by atoms with Gasteiger partial charge in [-0.05, 0) is 58.3 Å². The minimum Gasteiger partial charge on any atom is -0.481 e. The van der Waals surface area contributed by atoms with E-state index >= 15 is 0 Å². The number of unbranched alkanes of at least 4 members (excludes halogenated alkanes) is 1. The van der Waals surface area contributed by atoms with Crippen LogP contribution >= 0.6 is 0 Å². The van der Waals surface area contributed by atoms with E-state index in [-0.39, 0.29) is 81.2 Å². The monoisotopic (exact) mass is 933 g/mol. The maximum Gasteiger partial charge on any atom is 0.326 e. The van der Waals surface area contributed by atoms with E-state index in [1.54, 1.807) is 27.0 Å². The summed E-state index contributed by atoms with van der Waals surface area (Å²) in [5, 5.41) is 45.1. The Kier molecular flexibility index (Phi) is 26.4. The highest BCUT2D eigenvalue weighted by atomic mass is 16.4. The van der Waals surface area contributed by atoms with Gasteiger partial charge in [0.15, 0.2) is 0 Å². The Balaban J connectivity index is 2.52. The number of carbonyl (C=O) groups is 12. The van der Waals surface area contributed by atoms with Crippen molar-refractivity contribution in [3.05, 3.63) is 18.2 Å². The van der Waals surface area contributed by atoms with E-state index in [9.17, 15) is 78.0 Å². The number of carbonyl (C=O) groups excluding carboxylic acids is 8. The number of aromatic nitrogens is 2. The minimum absolute atomic E-state index is 0.0105. The first-order chi connectivity index (χ1) is 30.9. The number of imidazole rings is 1. The molecule has 0 aliphatic heterocycles. The average molecular weight is 934 g/mol. The molecule has 5 atom stereocenters. The van der Waals surface area contributed by atoms with Crippen molar-refractivity contribution in [1.82, 2.24) is 25.9 Å². The van der Waals surface area contributed by atoms with E-state index in [0.717, 1.165) is 5.69 Å². The van der Waals surface area contributed by atoms with E-state index < -0.39 is 115 Å². The molecule has 0 aromatic carbocycles. The van der Waals surface area contributed by atoms with Crippen LogP contribution in [0.5, 0.6) is 0 Å². The van der Waals surface area contributed by atoms with Gasteiger partial charge in [0.25, 0.3) is 0 Å². The van der Waals surface area contributed by atoms with Gasteiger partial charge in [-0.3, -0.25) is 43.2 Å². The molecule has 0 aliphatic carbocycles. The highest BCUT2D eigenvalue weighted by molar-refractivity contribution is 5.91. The van der Waals surface area contributed by atoms with Crippen LogP contribution in [0.15, 0.2) is 12.5 Å². The topological polar surface area (TPSA) is 351 Å². The Hall–Kier alpha value is -6.15. The molecule has 0 saturated carbocycles. The lowest BCUT2D eigenvalue weighted by molar-refractivity contribution is -0.145. The lowest BCUT2D eigenvalue weighted by Gasteiger charge is -2.23. The Morgan fingerprint density at radius 1 is 0.621 bits per heavy atom. The number of carboxylic acid groups (broad SMARTS) is 4. The molecule has 368 valence electrons. The molecule has 8 N–H and O–H groups in total. The van der Waals surface area contributed by atoms with Crippen molar-refractivity contribution in [3.8, 4) is 0 Å². The summed E-state index contributed by atoms with van der Waals surface area (Å²) >= 11 is 0. The van der Waals surface area contributed by atoms with Gasteiger partial charge in [0.1, 0.15) is 41.0 Å². The fourth-order valence-corrected chi connectivity index (χ4v) is 7.19. The van der Waals surface area contributed by atoms with Crippen molar-refractivity contribution < 1.29 is 78.0 Å². The number of aromatic amines is 1. The zero-order valence-corrected chi connectivity index (χ0v) is 38.3. The van der Waals surface area contributed by atoms with E-state index in [4.69, 9.17) is 0 Å². The molecule has 0 fully saturated rings. The van der Waals surface area contributed by atoms with Crippen LogP contribution in [-0.4, -0.2) is 120 Å². The van der Waals surface area contributed by atoms with Gasteiger partial charge in [-0.2, -0.15) is 0 Å². The molecule has 21 heteroatoms. The molecule has 0 bridgehead atoms. The van der Waals surface area contributed by atoms with Crippen LogP contribution in [0, 0.1) is 23.2 Å². The fraction of sp³-hybridized carbons (Fsp3) is 0.667. The summed E-state index contributed by atoms with van der Waals surface area (Å²) in [5.74, 6) is -12.0. The summed E-state index contributed by atoms with van der Waals surface area (Å²) in [7, 11) is 0. The molecule has 0 unspecified atom stereocenters. The number of H-pyrrole nitrogens is 1. The van der Waals surface area contributed by atoms with Gasteiger partial charge >= 0.3 is 23.9 Å². The summed E-state index contributed by atoms with van der Waals surface area (Å²) in [6, 6.07) is -3.05. The van der Waals surface area contributed by atoms with Gasteiger partial charge < -0.3 is 46.2 Å². The lowest BCUT2D eigenvalue weighted by Crippen LogP contribution is -2.42. The van der Waals surface area contributed by atoms with Gasteiger partial charge in [-0.25, -0.2) is 14.6 Å². The fourth-order valence-electron chi connectivity index (χ4n) is 7.19. The first kappa shape index (κ1) is 57.9. The summed E-state index contributed by atoms with van der Waals surface area (Å²) < 4.78 is 0. The number of hydrogen-bond donors (Lipinski definition) is 8. The van der Waals surface area contributed by atoms with Crippen molar-refractivity contribution in [2.45, 2.75) is 162 Å². The molecule has 21 nitrogen and oxygen atoms in total. The van der Waals surface area contributed by atoms with Crippen LogP contribution < -0.4 is 16.0 Å². The number of hydrogen-bond acceptors (Lipinski definition) is 13. The van der Waals surface area contributed by atoms with Gasteiger partial charge in [0, 0.05) is 94.0 Å². The summed E-state index contributed by atoms with van der Waals surface area (Å²) in [5.41, 5.74) is -0.0505. The zero-order chi connectivity index (χ0) is 50.0. The predicted molar refractivity (Wildman–Crippen MR) is 233 cm³/mol. The minimum atomic E-state index is -1.56. The lowest BCUT2D eigenvalue weighted by atomic mass is 9.78. The molecule has 1 aromatic rings. The van der Waals surface area contributed by atoms with Crippen LogP contribution in [0.2, 0.25) is 0 Å². The zero-order valence-electron chi connectivity index (χ0n) is 38.3. The second-order valence-electron chi connectivity index (χ2n) is 17.3. The number of nitrogens with one attached hydrogen (secondary N) is 4. The molecular formula is C45H67N5O16. The Morgan fingerprint density at radius 3 is 1.65 bits per heavy atom. The third-order valence-electron chi connectivity index (χ3n) is 11.2. The van der Waals surface area contributed by atoms with Crippen LogP contribution in [0.3, 0.4) is 0 Å². The second kappa shape index (κ2) is 30.1. The normalized spacial score (nSPS) is 13.5. The highest BCUT2D eigenvalue weighted by Crippen LogP contribution is 2.28. The largest absolute Gasteiger partial charge is 0.481 e. The van der Waals surface area contributed by atoms with E-state index in [1.807, 2.05) is 0 Å². The molecule has 3 amide bonds. The van der Waals surface area contributed by atoms with Crippen LogP contribution in [0.4, 0.5) is 0 Å². The van der Waals surface area contributed by atoms with Gasteiger partial charge in [0.05, 0.1) is 18.2 Å². The Labute approximate surface area is 383 Å². The van der Waals surface area contributed by atoms with Crippen molar-refractivity contribution >= 4 is 70.5 Å². The smallest absolute Gasteiger partial charge is 0.326 e. The number of aliphatic carboxylic acids is 4. The van der Waals surface area contributed by atoms with Crippen LogP contribution in [0.1, 0.15) is 149 Å². The summed E-state index contributed by atoms with van der Waals surface area (Å²) in [4.78, 5) is 153. The molecule has 1 rings (SSSR count). The number of aryl methyl sites for hydroxylation is 1. The molecule has 1 aromatic heterocycles. The summed E-state index contributed by atoms with van der Waals surface area (Å²) in [6.07, 6.45) is 2.50. The quantitative estimate of drug-likeness (QED) is 0.0441. The maximum absolute atomic E-state index is 13.1. The second-order valence-corrected chi connectivity index (χ2v) is 17.3. The van der Waals surface area contributed by atoms with Crippen molar-refractivity contribution in [2.75, 3.05) is 6.54 Å². The number of carboxylic acids is 4. The van der Waals surface area contributed by atoms with E-state index in [0.29, 0.717) is 38.5 Å². The van der Waals surface area contributed by atoms with Gasteiger partial charge in [0.2, 0.25) is 17.7 Å². The number of amides is 3. The Bertz CT molecular complexity index is 1860. The standard InChI is InChI=1S/C45H67N5O16/c1-5-36(54)28(9-17-37(55)45(3,4)24-33(53)13-12-31-25-46-26-48-31)8-6-7-21-47-38(56)20-16-35(44(65)66)50-40(58)19-11-30(42(61)62)23-32(52)14-15-34(43(63)64)49-39(57)18-10-29(41(59)60)22-27(2)51/h25-26,28-30,34-35H,5-24H2,1-4H3,(H,46,48)(H,47,56)(H,49,57)(H,50,58)(H,59,60)(H,61,62)(H,63,64)(H,65,66)/t28-,29-,30-,34+,35+/m1/s1. The van der Waals surface area contributed by atoms with Crippen LogP contribution in [-0.2, 0) is 64.0 Å². The first-order valence-electron chi connectivity index (χ1n) is 22.3. The molecular weight excluding hydrogens is 867 g/mol. The number of Topliss-reactive ketones (excluding diaryl/α,β-unsaturated/α-hetero) is 5. The predicted octanol–water partition coefficient (Wildman–Crippen LogP) is 3.16. The number of ketones is 5. The van der Waals surface area contributed by atoms with E-state index in [2.05, 4.69) is 25.9 Å². The number of rotatable bonds is 38. The number of nitrogens with zero attached hydrogens (tertiary/aromatic N) is 1. The average Bonchev–Trinajstić information content (AvgIpc) is 3.77. The summed E-state index contributed by atoms with van der Waals surface area (Å²) in [6.45, 7) is 6.61. The molecule has 66 heavy (non-hydrogen) atoms.